The van der Waals surface area contributed by atoms with Crippen LogP contribution in [0.2, 0.25) is 0 Å². The Hall–Kier alpha value is -3.06. The zero-order chi connectivity index (χ0) is 24.4. The van der Waals surface area contributed by atoms with Gasteiger partial charge < -0.3 is 5.32 Å². The van der Waals surface area contributed by atoms with E-state index in [1.165, 1.54) is 31.3 Å². The Bertz CT molecular complexity index is 1260. The fraction of sp³-hybridized carbons (Fsp3) is 0.250. The number of halogens is 4. The minimum Gasteiger partial charge on any atom is -0.351 e. The Morgan fingerprint density at radius 1 is 1.21 bits per heavy atom. The third kappa shape index (κ3) is 6.26. The van der Waals surface area contributed by atoms with Gasteiger partial charge in [0, 0.05) is 23.7 Å². The number of alkyl halides is 3. The SMILES string of the molecule is CC(C(=O)NCc1ccc(C(F)(F)F)nc1-c1nccs1)c1ccc(NS(C)(=O)=O)c(F)c1. The van der Waals surface area contributed by atoms with Gasteiger partial charge in [-0.25, -0.2) is 22.8 Å². The molecule has 0 bridgehead atoms. The second-order valence-corrected chi connectivity index (χ2v) is 9.74. The van der Waals surface area contributed by atoms with Crippen LogP contribution in [0.3, 0.4) is 0 Å². The van der Waals surface area contributed by atoms with Gasteiger partial charge in [0.2, 0.25) is 15.9 Å². The lowest BCUT2D eigenvalue weighted by molar-refractivity contribution is -0.141. The summed E-state index contributed by atoms with van der Waals surface area (Å²) >= 11 is 1.11. The third-order valence-corrected chi connectivity index (χ3v) is 5.91. The van der Waals surface area contributed by atoms with Gasteiger partial charge in [0.25, 0.3) is 0 Å². The van der Waals surface area contributed by atoms with Crippen LogP contribution < -0.4 is 10.0 Å². The Morgan fingerprint density at radius 2 is 1.94 bits per heavy atom. The Balaban J connectivity index is 1.77. The summed E-state index contributed by atoms with van der Waals surface area (Å²) in [5.41, 5.74) is -0.700. The normalized spacial score (nSPS) is 12.9. The predicted octanol–water partition coefficient (Wildman–Crippen LogP) is 4.15. The minimum atomic E-state index is -4.63. The van der Waals surface area contributed by atoms with Crippen molar-refractivity contribution in [3.8, 4) is 10.7 Å². The summed E-state index contributed by atoms with van der Waals surface area (Å²) in [6, 6.07) is 5.70. The highest BCUT2D eigenvalue weighted by Crippen LogP contribution is 2.32. The molecule has 0 aliphatic rings. The number of aromatic nitrogens is 2. The summed E-state index contributed by atoms with van der Waals surface area (Å²) < 4.78 is 78.1. The lowest BCUT2D eigenvalue weighted by atomic mass is 9.99. The number of carbonyl (C=O) groups is 1. The standard InChI is InChI=1S/C20H18F4N4O3S2/c1-11(12-3-5-15(14(21)9-12)28-33(2,30)31)18(29)26-10-13-4-6-16(20(22,23)24)27-17(13)19-25-7-8-32-19/h3-9,11,28H,10H2,1-2H3,(H,26,29). The summed E-state index contributed by atoms with van der Waals surface area (Å²) in [4.78, 5) is 20.3. The van der Waals surface area contributed by atoms with Crippen LogP contribution in [0.1, 0.15) is 29.7 Å². The Morgan fingerprint density at radius 3 is 2.52 bits per heavy atom. The van der Waals surface area contributed by atoms with Crippen molar-refractivity contribution in [2.24, 2.45) is 0 Å². The second kappa shape index (κ2) is 9.43. The van der Waals surface area contributed by atoms with E-state index in [1.54, 1.807) is 5.38 Å². The molecule has 176 valence electrons. The van der Waals surface area contributed by atoms with Gasteiger partial charge in [-0.05, 0) is 30.7 Å². The highest BCUT2D eigenvalue weighted by Gasteiger charge is 2.33. The van der Waals surface area contributed by atoms with E-state index < -0.39 is 39.5 Å². The number of nitrogens with zero attached hydrogens (tertiary/aromatic N) is 2. The summed E-state index contributed by atoms with van der Waals surface area (Å²) in [5.74, 6) is -2.18. The number of hydrogen-bond acceptors (Lipinski definition) is 6. The second-order valence-electron chi connectivity index (χ2n) is 7.09. The number of amides is 1. The molecule has 0 saturated heterocycles. The van der Waals surface area contributed by atoms with E-state index in [2.05, 4.69) is 15.3 Å². The lowest BCUT2D eigenvalue weighted by Gasteiger charge is -2.16. The van der Waals surface area contributed by atoms with E-state index in [0.717, 1.165) is 29.7 Å². The first-order valence-corrected chi connectivity index (χ1v) is 12.1. The summed E-state index contributed by atoms with van der Waals surface area (Å²) in [5, 5.41) is 4.48. The van der Waals surface area contributed by atoms with Crippen LogP contribution in [0.25, 0.3) is 10.7 Å². The van der Waals surface area contributed by atoms with Crippen LogP contribution in [0.4, 0.5) is 23.2 Å². The first-order chi connectivity index (χ1) is 15.3. The first kappa shape index (κ1) is 24.6. The van der Waals surface area contributed by atoms with E-state index in [1.807, 2.05) is 4.72 Å². The molecule has 1 amide bonds. The molecule has 13 heteroatoms. The lowest BCUT2D eigenvalue weighted by Crippen LogP contribution is -2.28. The molecule has 0 radical (unpaired) electrons. The van der Waals surface area contributed by atoms with Crippen LogP contribution in [-0.2, 0) is 27.5 Å². The smallest absolute Gasteiger partial charge is 0.351 e. The van der Waals surface area contributed by atoms with E-state index in [9.17, 15) is 30.8 Å². The number of sulfonamides is 1. The molecule has 1 unspecified atom stereocenters. The number of benzene rings is 1. The molecule has 0 fully saturated rings. The van der Waals surface area contributed by atoms with E-state index in [0.29, 0.717) is 5.56 Å². The highest BCUT2D eigenvalue weighted by molar-refractivity contribution is 7.92. The maximum atomic E-state index is 14.2. The number of pyridine rings is 1. The minimum absolute atomic E-state index is 0.00928. The quantitative estimate of drug-likeness (QED) is 0.473. The van der Waals surface area contributed by atoms with Crippen molar-refractivity contribution in [3.63, 3.8) is 0 Å². The number of thiazole rings is 1. The fourth-order valence-corrected chi connectivity index (χ4v) is 4.11. The van der Waals surface area contributed by atoms with Gasteiger partial charge in [0.15, 0.2) is 0 Å². The zero-order valence-electron chi connectivity index (χ0n) is 17.3. The number of nitrogens with one attached hydrogen (secondary N) is 2. The molecule has 0 aliphatic heterocycles. The van der Waals surface area contributed by atoms with Crippen LogP contribution in [0.15, 0.2) is 41.9 Å². The average Bonchev–Trinajstić information content (AvgIpc) is 3.26. The molecule has 1 atom stereocenters. The molecular formula is C20H18F4N4O3S2. The van der Waals surface area contributed by atoms with Crippen molar-refractivity contribution in [2.45, 2.75) is 25.6 Å². The van der Waals surface area contributed by atoms with E-state index >= 15 is 0 Å². The van der Waals surface area contributed by atoms with Crippen molar-refractivity contribution in [1.82, 2.24) is 15.3 Å². The number of anilines is 1. The topological polar surface area (TPSA) is 101 Å². The van der Waals surface area contributed by atoms with Gasteiger partial charge in [0.1, 0.15) is 22.2 Å². The Kier molecular flexibility index (Phi) is 7.03. The van der Waals surface area contributed by atoms with Gasteiger partial charge >= 0.3 is 6.18 Å². The predicted molar refractivity (Wildman–Crippen MR) is 115 cm³/mol. The van der Waals surface area contributed by atoms with Gasteiger partial charge in [-0.1, -0.05) is 12.1 Å². The molecule has 0 saturated carbocycles. The first-order valence-electron chi connectivity index (χ1n) is 9.37. The highest BCUT2D eigenvalue weighted by atomic mass is 32.2. The average molecular weight is 503 g/mol. The van der Waals surface area contributed by atoms with Crippen molar-refractivity contribution in [2.75, 3.05) is 11.0 Å². The fourth-order valence-electron chi connectivity index (χ4n) is 2.88. The van der Waals surface area contributed by atoms with E-state index in [4.69, 9.17) is 0 Å². The molecule has 2 N–H and O–H groups in total. The van der Waals surface area contributed by atoms with Crippen molar-refractivity contribution >= 4 is 33.0 Å². The molecule has 3 aromatic rings. The summed E-state index contributed by atoms with van der Waals surface area (Å²) in [7, 11) is -3.67. The summed E-state index contributed by atoms with van der Waals surface area (Å²) in [6.45, 7) is 1.39. The van der Waals surface area contributed by atoms with Crippen molar-refractivity contribution < 1.29 is 30.8 Å². The molecule has 3 rings (SSSR count). The van der Waals surface area contributed by atoms with Crippen LogP contribution in [0, 0.1) is 5.82 Å². The molecule has 2 aromatic heterocycles. The van der Waals surface area contributed by atoms with Gasteiger partial charge in [-0.2, -0.15) is 13.2 Å². The largest absolute Gasteiger partial charge is 0.433 e. The van der Waals surface area contributed by atoms with E-state index in [-0.39, 0.29) is 28.5 Å². The Labute approximate surface area is 190 Å². The maximum Gasteiger partial charge on any atom is 0.433 e. The van der Waals surface area contributed by atoms with Gasteiger partial charge in [0.05, 0.1) is 17.9 Å². The maximum absolute atomic E-state index is 14.2. The molecular weight excluding hydrogens is 484 g/mol. The molecule has 33 heavy (non-hydrogen) atoms. The monoisotopic (exact) mass is 502 g/mol. The molecule has 2 heterocycles. The number of rotatable bonds is 7. The number of carbonyl (C=O) groups excluding carboxylic acids is 1. The van der Waals surface area contributed by atoms with Gasteiger partial charge in [-0.3, -0.25) is 9.52 Å². The third-order valence-electron chi connectivity index (χ3n) is 4.54. The molecule has 0 aliphatic carbocycles. The summed E-state index contributed by atoms with van der Waals surface area (Å²) in [6.07, 6.45) is -2.32. The molecule has 7 nitrogen and oxygen atoms in total. The number of hydrogen-bond donors (Lipinski definition) is 2. The molecule has 0 spiro atoms. The van der Waals surface area contributed by atoms with Crippen molar-refractivity contribution in [1.29, 1.82) is 0 Å². The van der Waals surface area contributed by atoms with Crippen molar-refractivity contribution in [3.05, 3.63) is 64.5 Å². The van der Waals surface area contributed by atoms with Gasteiger partial charge in [-0.15, -0.1) is 11.3 Å². The van der Waals surface area contributed by atoms with Crippen LogP contribution >= 0.6 is 11.3 Å². The van der Waals surface area contributed by atoms with Crippen LogP contribution in [0.5, 0.6) is 0 Å². The zero-order valence-corrected chi connectivity index (χ0v) is 18.9. The molecule has 1 aromatic carbocycles. The van der Waals surface area contributed by atoms with Crippen LogP contribution in [-0.4, -0.2) is 30.5 Å².